The highest BCUT2D eigenvalue weighted by Gasteiger charge is 2.07. The van der Waals surface area contributed by atoms with E-state index in [1.807, 2.05) is 6.07 Å². The van der Waals surface area contributed by atoms with Crippen LogP contribution in [0.5, 0.6) is 5.75 Å². The van der Waals surface area contributed by atoms with E-state index in [2.05, 4.69) is 6.92 Å². The van der Waals surface area contributed by atoms with Crippen molar-refractivity contribution in [2.45, 2.75) is 33.3 Å². The van der Waals surface area contributed by atoms with E-state index in [0.717, 1.165) is 30.8 Å². The van der Waals surface area contributed by atoms with Crippen LogP contribution < -0.4 is 4.74 Å². The van der Waals surface area contributed by atoms with Crippen LogP contribution in [0.15, 0.2) is 18.2 Å². The highest BCUT2D eigenvalue weighted by molar-refractivity contribution is 5.94. The van der Waals surface area contributed by atoms with Crippen LogP contribution in [0, 0.1) is 0 Å². The fraction of sp³-hybridized carbons (Fsp3) is 0.562. The molecule has 20 heavy (non-hydrogen) atoms. The summed E-state index contributed by atoms with van der Waals surface area (Å²) in [7, 11) is 1.61. The highest BCUT2D eigenvalue weighted by Crippen LogP contribution is 2.21. The van der Waals surface area contributed by atoms with E-state index in [4.69, 9.17) is 14.2 Å². The van der Waals surface area contributed by atoms with Gasteiger partial charge in [-0.25, -0.2) is 0 Å². The van der Waals surface area contributed by atoms with E-state index in [1.165, 1.54) is 0 Å². The maximum atomic E-state index is 11.4. The lowest BCUT2D eigenvalue weighted by Crippen LogP contribution is -2.06. The maximum absolute atomic E-state index is 11.4. The molecular formula is C16H24O4. The average Bonchev–Trinajstić information content (AvgIpc) is 2.46. The first-order chi connectivity index (χ1) is 9.69. The normalized spacial score (nSPS) is 10.6. The van der Waals surface area contributed by atoms with Gasteiger partial charge in [0.05, 0.1) is 26.9 Å². The number of Topliss-reactive ketones (excluding diaryl/α,β-unsaturated/α-hetero) is 1. The molecule has 1 aromatic carbocycles. The van der Waals surface area contributed by atoms with Gasteiger partial charge >= 0.3 is 0 Å². The van der Waals surface area contributed by atoms with Gasteiger partial charge in [0.15, 0.2) is 5.78 Å². The third-order valence-corrected chi connectivity index (χ3v) is 2.96. The predicted octanol–water partition coefficient (Wildman–Crippen LogP) is 3.23. The van der Waals surface area contributed by atoms with Gasteiger partial charge < -0.3 is 14.2 Å². The third kappa shape index (κ3) is 5.72. The first-order valence-electron chi connectivity index (χ1n) is 7.02. The van der Waals surface area contributed by atoms with Crippen LogP contribution in [-0.4, -0.2) is 32.7 Å². The minimum atomic E-state index is 0.0387. The molecule has 0 saturated heterocycles. The first-order valence-corrected chi connectivity index (χ1v) is 7.02. The van der Waals surface area contributed by atoms with Crippen molar-refractivity contribution in [1.82, 2.24) is 0 Å². The molecule has 4 heteroatoms. The topological polar surface area (TPSA) is 44.8 Å². The summed E-state index contributed by atoms with van der Waals surface area (Å²) in [6, 6.07) is 5.38. The molecule has 112 valence electrons. The smallest absolute Gasteiger partial charge is 0.159 e. The molecule has 0 bridgehead atoms. The summed E-state index contributed by atoms with van der Waals surface area (Å²) in [6.07, 6.45) is 2.21. The van der Waals surface area contributed by atoms with E-state index < -0.39 is 0 Å². The summed E-state index contributed by atoms with van der Waals surface area (Å²) < 4.78 is 16.2. The van der Waals surface area contributed by atoms with Gasteiger partial charge in [-0.05, 0) is 31.5 Å². The first kappa shape index (κ1) is 16.7. The molecule has 0 spiro atoms. The van der Waals surface area contributed by atoms with Crippen LogP contribution in [0.3, 0.4) is 0 Å². The van der Waals surface area contributed by atoms with E-state index in [9.17, 15) is 4.79 Å². The van der Waals surface area contributed by atoms with E-state index in [1.54, 1.807) is 26.2 Å². The average molecular weight is 280 g/mol. The molecule has 0 aliphatic heterocycles. The Kier molecular flexibility index (Phi) is 7.92. The van der Waals surface area contributed by atoms with Gasteiger partial charge in [-0.15, -0.1) is 0 Å². The van der Waals surface area contributed by atoms with Crippen molar-refractivity contribution < 1.29 is 19.0 Å². The van der Waals surface area contributed by atoms with Crippen molar-refractivity contribution in [2.75, 3.05) is 26.9 Å². The number of carbonyl (C=O) groups excluding carboxylic acids is 1. The molecule has 1 aromatic rings. The third-order valence-electron chi connectivity index (χ3n) is 2.96. The SMILES string of the molecule is CCCCOCCOCc1cc(C(C)=O)ccc1OC. The van der Waals surface area contributed by atoms with Gasteiger partial charge in [0.25, 0.3) is 0 Å². The summed E-state index contributed by atoms with van der Waals surface area (Å²) in [5.41, 5.74) is 1.55. The second-order valence-electron chi connectivity index (χ2n) is 4.60. The van der Waals surface area contributed by atoms with Crippen LogP contribution in [-0.2, 0) is 16.1 Å². The van der Waals surface area contributed by atoms with Crippen molar-refractivity contribution in [1.29, 1.82) is 0 Å². The zero-order chi connectivity index (χ0) is 14.8. The Bertz CT molecular complexity index is 415. The lowest BCUT2D eigenvalue weighted by Gasteiger charge is -2.10. The van der Waals surface area contributed by atoms with Crippen LogP contribution >= 0.6 is 0 Å². The Hall–Kier alpha value is -1.39. The minimum Gasteiger partial charge on any atom is -0.496 e. The number of methoxy groups -OCH3 is 1. The van der Waals surface area contributed by atoms with Crippen LogP contribution in [0.1, 0.15) is 42.6 Å². The van der Waals surface area contributed by atoms with E-state index in [0.29, 0.717) is 25.4 Å². The van der Waals surface area contributed by atoms with Gasteiger partial charge in [-0.2, -0.15) is 0 Å². The molecule has 0 aliphatic carbocycles. The zero-order valence-corrected chi connectivity index (χ0v) is 12.6. The lowest BCUT2D eigenvalue weighted by atomic mass is 10.1. The fourth-order valence-corrected chi connectivity index (χ4v) is 1.76. The van der Waals surface area contributed by atoms with E-state index in [-0.39, 0.29) is 5.78 Å². The van der Waals surface area contributed by atoms with Gasteiger partial charge in [-0.3, -0.25) is 4.79 Å². The molecule has 0 heterocycles. The van der Waals surface area contributed by atoms with Crippen molar-refractivity contribution in [3.63, 3.8) is 0 Å². The quantitative estimate of drug-likeness (QED) is 0.487. The molecule has 0 N–H and O–H groups in total. The van der Waals surface area contributed by atoms with Gasteiger partial charge in [0, 0.05) is 17.7 Å². The second kappa shape index (κ2) is 9.50. The summed E-state index contributed by atoms with van der Waals surface area (Å²) in [5, 5.41) is 0. The summed E-state index contributed by atoms with van der Waals surface area (Å²) >= 11 is 0. The molecule has 0 aromatic heterocycles. The maximum Gasteiger partial charge on any atom is 0.159 e. The Morgan fingerprint density at radius 2 is 1.90 bits per heavy atom. The van der Waals surface area contributed by atoms with Gasteiger partial charge in [-0.1, -0.05) is 13.3 Å². The number of rotatable bonds is 10. The molecule has 0 aliphatic rings. The van der Waals surface area contributed by atoms with Gasteiger partial charge in [0.2, 0.25) is 0 Å². The number of unbranched alkanes of at least 4 members (excludes halogenated alkanes) is 1. The predicted molar refractivity (Wildman–Crippen MR) is 78.4 cm³/mol. The summed E-state index contributed by atoms with van der Waals surface area (Å²) in [6.45, 7) is 6.01. The largest absolute Gasteiger partial charge is 0.496 e. The monoisotopic (exact) mass is 280 g/mol. The minimum absolute atomic E-state index is 0.0387. The fourth-order valence-electron chi connectivity index (χ4n) is 1.76. The Labute approximate surface area is 121 Å². The van der Waals surface area contributed by atoms with Crippen molar-refractivity contribution in [3.05, 3.63) is 29.3 Å². The Balaban J connectivity index is 2.41. The second-order valence-corrected chi connectivity index (χ2v) is 4.60. The van der Waals surface area contributed by atoms with Gasteiger partial charge in [0.1, 0.15) is 5.75 Å². The van der Waals surface area contributed by atoms with Crippen molar-refractivity contribution in [2.24, 2.45) is 0 Å². The Morgan fingerprint density at radius 1 is 1.15 bits per heavy atom. The molecule has 4 nitrogen and oxygen atoms in total. The van der Waals surface area contributed by atoms with E-state index >= 15 is 0 Å². The van der Waals surface area contributed by atoms with Crippen molar-refractivity contribution in [3.8, 4) is 5.75 Å². The zero-order valence-electron chi connectivity index (χ0n) is 12.6. The highest BCUT2D eigenvalue weighted by atomic mass is 16.5. The lowest BCUT2D eigenvalue weighted by molar-refractivity contribution is 0.0390. The summed E-state index contributed by atoms with van der Waals surface area (Å²) in [5.74, 6) is 0.777. The molecule has 0 amide bonds. The van der Waals surface area contributed by atoms with Crippen molar-refractivity contribution >= 4 is 5.78 Å². The number of ketones is 1. The molecule has 0 fully saturated rings. The number of hydrogen-bond donors (Lipinski definition) is 0. The molecule has 0 atom stereocenters. The number of ether oxygens (including phenoxy) is 3. The Morgan fingerprint density at radius 3 is 2.55 bits per heavy atom. The van der Waals surface area contributed by atoms with Crippen LogP contribution in [0.4, 0.5) is 0 Å². The standard InChI is InChI=1S/C16H24O4/c1-4-5-8-19-9-10-20-12-15-11-14(13(2)17)6-7-16(15)18-3/h6-7,11H,4-5,8-10,12H2,1-3H3. The molecular weight excluding hydrogens is 256 g/mol. The number of hydrogen-bond acceptors (Lipinski definition) is 4. The molecule has 0 saturated carbocycles. The molecule has 1 rings (SSSR count). The van der Waals surface area contributed by atoms with Crippen LogP contribution in [0.25, 0.3) is 0 Å². The van der Waals surface area contributed by atoms with Crippen LogP contribution in [0.2, 0.25) is 0 Å². The summed E-state index contributed by atoms with van der Waals surface area (Å²) in [4.78, 5) is 11.4. The number of carbonyl (C=O) groups is 1. The molecule has 0 unspecified atom stereocenters. The molecule has 0 radical (unpaired) electrons. The number of benzene rings is 1.